The fourth-order valence-electron chi connectivity index (χ4n) is 2.97. The number of rotatable bonds is 2. The van der Waals surface area contributed by atoms with Crippen molar-refractivity contribution in [3.05, 3.63) is 29.8 Å². The van der Waals surface area contributed by atoms with Gasteiger partial charge in [0.15, 0.2) is 0 Å². The van der Waals surface area contributed by atoms with Gasteiger partial charge in [0.2, 0.25) is 6.29 Å². The van der Waals surface area contributed by atoms with Crippen LogP contribution in [-0.2, 0) is 9.47 Å². The summed E-state index contributed by atoms with van der Waals surface area (Å²) in [5, 5.41) is 29.5. The molecule has 2 aliphatic rings. The maximum Gasteiger partial charge on any atom is 0.208 e. The third-order valence-corrected chi connectivity index (χ3v) is 4.00. The van der Waals surface area contributed by atoms with Crippen LogP contribution in [0.1, 0.15) is 11.7 Å². The molecule has 0 radical (unpaired) electrons. The first-order chi connectivity index (χ1) is 9.67. The molecule has 2 aliphatic heterocycles. The van der Waals surface area contributed by atoms with Gasteiger partial charge in [-0.3, -0.25) is 0 Å². The van der Waals surface area contributed by atoms with Gasteiger partial charge in [0.05, 0.1) is 24.7 Å². The molecule has 1 aromatic rings. The Kier molecular flexibility index (Phi) is 3.66. The van der Waals surface area contributed by atoms with Crippen LogP contribution in [0.25, 0.3) is 0 Å². The quantitative estimate of drug-likeness (QED) is 0.697. The second-order valence-electron chi connectivity index (χ2n) is 5.10. The largest absolute Gasteiger partial charge is 0.464 e. The van der Waals surface area contributed by atoms with Crippen molar-refractivity contribution in [1.82, 2.24) is 0 Å². The lowest BCUT2D eigenvalue weighted by atomic mass is 9.82. The number of methoxy groups -OCH3 is 1. The van der Waals surface area contributed by atoms with Gasteiger partial charge in [0.25, 0.3) is 0 Å². The molecule has 1 aromatic carbocycles. The van der Waals surface area contributed by atoms with Crippen molar-refractivity contribution in [3.8, 4) is 5.75 Å². The first kappa shape index (κ1) is 13.8. The molecule has 1 saturated heterocycles. The summed E-state index contributed by atoms with van der Waals surface area (Å²) < 4.78 is 16.8. The highest BCUT2D eigenvalue weighted by Crippen LogP contribution is 2.45. The van der Waals surface area contributed by atoms with Crippen LogP contribution in [0.2, 0.25) is 0 Å². The van der Waals surface area contributed by atoms with E-state index in [9.17, 15) is 15.3 Å². The third-order valence-electron chi connectivity index (χ3n) is 4.00. The highest BCUT2D eigenvalue weighted by atomic mass is 16.7. The summed E-state index contributed by atoms with van der Waals surface area (Å²) in [6.07, 6.45) is -4.33. The van der Waals surface area contributed by atoms with E-state index in [0.717, 1.165) is 5.56 Å². The van der Waals surface area contributed by atoms with Crippen molar-refractivity contribution in [3.63, 3.8) is 0 Å². The van der Waals surface area contributed by atoms with Crippen molar-refractivity contribution < 1.29 is 29.5 Å². The smallest absolute Gasteiger partial charge is 0.208 e. The monoisotopic (exact) mass is 282 g/mol. The lowest BCUT2D eigenvalue weighted by Crippen LogP contribution is -2.60. The minimum atomic E-state index is -1.17. The molecule has 0 bridgehead atoms. The molecule has 1 fully saturated rings. The number of ether oxygens (including phenoxy) is 3. The Morgan fingerprint density at radius 2 is 1.95 bits per heavy atom. The predicted octanol–water partition coefficient (Wildman–Crippen LogP) is -0.178. The fourth-order valence-corrected chi connectivity index (χ4v) is 2.97. The van der Waals surface area contributed by atoms with E-state index in [0.29, 0.717) is 5.75 Å². The van der Waals surface area contributed by atoms with E-state index in [4.69, 9.17) is 14.2 Å². The summed E-state index contributed by atoms with van der Waals surface area (Å²) in [6, 6.07) is 7.35. The Bertz CT molecular complexity index is 478. The van der Waals surface area contributed by atoms with Gasteiger partial charge < -0.3 is 29.5 Å². The summed E-state index contributed by atoms with van der Waals surface area (Å²) in [4.78, 5) is 0. The highest BCUT2D eigenvalue weighted by Gasteiger charge is 2.52. The average Bonchev–Trinajstić information content (AvgIpc) is 2.48. The Balaban J connectivity index is 1.98. The average molecular weight is 282 g/mol. The zero-order valence-corrected chi connectivity index (χ0v) is 11.0. The van der Waals surface area contributed by atoms with Crippen molar-refractivity contribution in [2.24, 2.45) is 5.92 Å². The molecule has 2 unspecified atom stereocenters. The maximum atomic E-state index is 10.3. The van der Waals surface area contributed by atoms with E-state index in [1.807, 2.05) is 18.2 Å². The molecule has 0 aromatic heterocycles. The molecule has 6 nitrogen and oxygen atoms in total. The summed E-state index contributed by atoms with van der Waals surface area (Å²) >= 11 is 0. The molecule has 3 N–H and O–H groups in total. The van der Waals surface area contributed by atoms with Crippen LogP contribution in [0.15, 0.2) is 24.3 Å². The normalized spacial score (nSPS) is 39.6. The van der Waals surface area contributed by atoms with Crippen molar-refractivity contribution in [1.29, 1.82) is 0 Å². The molecule has 110 valence electrons. The first-order valence-electron chi connectivity index (χ1n) is 6.58. The molecule has 0 aliphatic carbocycles. The third kappa shape index (κ3) is 2.01. The Morgan fingerprint density at radius 1 is 1.20 bits per heavy atom. The maximum absolute atomic E-state index is 10.3. The van der Waals surface area contributed by atoms with E-state index in [1.165, 1.54) is 0 Å². The van der Waals surface area contributed by atoms with Crippen LogP contribution in [0.3, 0.4) is 0 Å². The molecule has 6 heteroatoms. The second-order valence-corrected chi connectivity index (χ2v) is 5.10. The first-order valence-corrected chi connectivity index (χ1v) is 6.58. The van der Waals surface area contributed by atoms with Crippen molar-refractivity contribution in [2.45, 2.75) is 30.7 Å². The van der Waals surface area contributed by atoms with Crippen LogP contribution >= 0.6 is 0 Å². The van der Waals surface area contributed by atoms with Gasteiger partial charge in [0.1, 0.15) is 18.0 Å². The van der Waals surface area contributed by atoms with Crippen molar-refractivity contribution >= 4 is 0 Å². The zero-order valence-electron chi connectivity index (χ0n) is 11.0. The van der Waals surface area contributed by atoms with Crippen LogP contribution in [0.5, 0.6) is 5.75 Å². The number of aliphatic hydroxyl groups is 3. The van der Waals surface area contributed by atoms with E-state index in [-0.39, 0.29) is 6.61 Å². The Morgan fingerprint density at radius 3 is 2.65 bits per heavy atom. The van der Waals surface area contributed by atoms with Gasteiger partial charge in [-0.15, -0.1) is 0 Å². The topological polar surface area (TPSA) is 88.4 Å². The van der Waals surface area contributed by atoms with Gasteiger partial charge in [-0.1, -0.05) is 18.2 Å². The minimum Gasteiger partial charge on any atom is -0.464 e. The zero-order chi connectivity index (χ0) is 14.3. The SMILES string of the molecule is CO[C@H]1c2ccccc2OC2O[C@H](CO)[C@H](O)[C@H](O)C21. The predicted molar refractivity (Wildman–Crippen MR) is 68.1 cm³/mol. The van der Waals surface area contributed by atoms with Crippen LogP contribution in [0.4, 0.5) is 0 Å². The standard InChI is InChI=1S/C14H18O6/c1-18-13-7-4-2-3-5-8(7)19-14-10(13)12(17)11(16)9(6-15)20-14/h2-5,9-17H,6H2,1H3/t9-,10?,11+,12-,13+,14?/m1/s1. The number of aliphatic hydroxyl groups excluding tert-OH is 3. The van der Waals surface area contributed by atoms with Crippen molar-refractivity contribution in [2.75, 3.05) is 13.7 Å². The van der Waals surface area contributed by atoms with Gasteiger partial charge in [-0.05, 0) is 6.07 Å². The highest BCUT2D eigenvalue weighted by molar-refractivity contribution is 5.38. The summed E-state index contributed by atoms with van der Waals surface area (Å²) in [5.41, 5.74) is 0.813. The molecular formula is C14H18O6. The van der Waals surface area contributed by atoms with E-state index in [2.05, 4.69) is 0 Å². The minimum absolute atomic E-state index is 0.385. The Hall–Kier alpha value is -1.18. The molecule has 0 saturated carbocycles. The molecule has 6 atom stereocenters. The number of benzene rings is 1. The molecule has 0 amide bonds. The van der Waals surface area contributed by atoms with Gasteiger partial charge in [0, 0.05) is 12.7 Å². The van der Waals surface area contributed by atoms with E-state index >= 15 is 0 Å². The summed E-state index contributed by atoms with van der Waals surface area (Å²) in [7, 11) is 1.54. The van der Waals surface area contributed by atoms with Gasteiger partial charge in [-0.25, -0.2) is 0 Å². The molecule has 20 heavy (non-hydrogen) atoms. The molecule has 3 rings (SSSR count). The number of para-hydroxylation sites is 1. The van der Waals surface area contributed by atoms with Gasteiger partial charge >= 0.3 is 0 Å². The van der Waals surface area contributed by atoms with Gasteiger partial charge in [-0.2, -0.15) is 0 Å². The van der Waals surface area contributed by atoms with E-state index < -0.39 is 36.6 Å². The summed E-state index contributed by atoms with van der Waals surface area (Å²) in [5.74, 6) is 0.0774. The Labute approximate surface area is 116 Å². The lowest BCUT2D eigenvalue weighted by Gasteiger charge is -2.47. The molecule has 0 spiro atoms. The number of hydrogen-bond donors (Lipinski definition) is 3. The number of hydrogen-bond acceptors (Lipinski definition) is 6. The lowest BCUT2D eigenvalue weighted by molar-refractivity contribution is -0.285. The summed E-state index contributed by atoms with van der Waals surface area (Å²) in [6.45, 7) is -0.385. The molecule has 2 heterocycles. The fraction of sp³-hybridized carbons (Fsp3) is 0.571. The van der Waals surface area contributed by atoms with Crippen LogP contribution in [-0.4, -0.2) is 53.6 Å². The molecular weight excluding hydrogens is 264 g/mol. The van der Waals surface area contributed by atoms with E-state index in [1.54, 1.807) is 13.2 Å². The van der Waals surface area contributed by atoms with Crippen LogP contribution in [0, 0.1) is 5.92 Å². The number of fused-ring (bicyclic) bond motifs is 2. The second kappa shape index (κ2) is 5.31. The van der Waals surface area contributed by atoms with Crippen LogP contribution < -0.4 is 4.74 Å².